The van der Waals surface area contributed by atoms with Crippen molar-refractivity contribution in [3.8, 4) is 0 Å². The van der Waals surface area contributed by atoms with Crippen LogP contribution in [-0.4, -0.2) is 33.0 Å². The molecule has 2 aromatic carbocycles. The summed E-state index contributed by atoms with van der Waals surface area (Å²) in [6.07, 6.45) is 1.59. The first-order valence-electron chi connectivity index (χ1n) is 9.72. The number of nitrogens with one attached hydrogen (secondary N) is 1. The van der Waals surface area contributed by atoms with Gasteiger partial charge in [-0.3, -0.25) is 0 Å². The summed E-state index contributed by atoms with van der Waals surface area (Å²) < 4.78 is 34.4. The lowest BCUT2D eigenvalue weighted by molar-refractivity contribution is 0.291. The van der Waals surface area contributed by atoms with Gasteiger partial charge in [-0.15, -0.1) is 0 Å². The van der Waals surface area contributed by atoms with E-state index in [1.54, 1.807) is 24.3 Å². The van der Waals surface area contributed by atoms with Crippen molar-refractivity contribution in [2.75, 3.05) is 6.61 Å². The highest BCUT2D eigenvalue weighted by molar-refractivity contribution is 7.89. The van der Waals surface area contributed by atoms with E-state index in [0.29, 0.717) is 12.5 Å². The predicted octanol–water partition coefficient (Wildman–Crippen LogP) is 3.73. The van der Waals surface area contributed by atoms with Gasteiger partial charge >= 0.3 is 0 Å². The number of aliphatic imine (C=N–C) groups is 1. The van der Waals surface area contributed by atoms with E-state index in [1.165, 1.54) is 5.56 Å². The van der Waals surface area contributed by atoms with Gasteiger partial charge in [-0.1, -0.05) is 68.3 Å². The fourth-order valence-electron chi connectivity index (χ4n) is 3.20. The minimum absolute atomic E-state index is 0.00725. The topological polar surface area (TPSA) is 67.8 Å². The van der Waals surface area contributed by atoms with Crippen LogP contribution in [0.25, 0.3) is 0 Å². The molecule has 0 radical (unpaired) electrons. The number of hydrogen-bond acceptors (Lipinski definition) is 4. The summed E-state index contributed by atoms with van der Waals surface area (Å²) in [5.41, 5.74) is 2.21. The maximum atomic E-state index is 12.9. The molecule has 150 valence electrons. The lowest BCUT2D eigenvalue weighted by Gasteiger charge is -2.23. The Balaban J connectivity index is 1.78. The Bertz CT molecular complexity index is 909. The summed E-state index contributed by atoms with van der Waals surface area (Å²) in [5, 5.41) is 0. The van der Waals surface area contributed by atoms with Gasteiger partial charge < -0.3 is 4.74 Å². The number of benzene rings is 2. The summed E-state index contributed by atoms with van der Waals surface area (Å²) in [7, 11) is -3.66. The zero-order chi connectivity index (χ0) is 20.1. The molecule has 0 aromatic heterocycles. The van der Waals surface area contributed by atoms with Gasteiger partial charge in [0.25, 0.3) is 0 Å². The molecule has 0 bridgehead atoms. The van der Waals surface area contributed by atoms with Crippen LogP contribution in [0.1, 0.15) is 31.4 Å². The Labute approximate surface area is 167 Å². The van der Waals surface area contributed by atoms with Gasteiger partial charge in [0.15, 0.2) is 0 Å². The third kappa shape index (κ3) is 5.00. The molecular formula is C22H28N2O3S. The van der Waals surface area contributed by atoms with E-state index in [1.807, 2.05) is 39.0 Å². The first kappa shape index (κ1) is 20.6. The number of hydrogen-bond donors (Lipinski definition) is 1. The number of nitrogens with zero attached hydrogens (tertiary/aromatic N) is 1. The lowest BCUT2D eigenvalue weighted by atomic mass is 10.00. The second-order valence-electron chi connectivity index (χ2n) is 7.42. The van der Waals surface area contributed by atoms with Crippen LogP contribution in [-0.2, 0) is 21.2 Å². The summed E-state index contributed by atoms with van der Waals surface area (Å²) in [6.45, 7) is 6.46. The standard InChI is InChI=1S/C22H28N2O3S/c1-4-17(3)21(24-28(25,26)20-12-10-16(2)11-13-20)22-23-19(15-27-22)14-18-8-6-5-7-9-18/h5-13,17,19,21,24H,4,14-15H2,1-3H3/t17?,19-,21?/m0/s1. The van der Waals surface area contributed by atoms with Crippen molar-refractivity contribution in [1.29, 1.82) is 0 Å². The van der Waals surface area contributed by atoms with Gasteiger partial charge in [0.05, 0.1) is 10.9 Å². The minimum Gasteiger partial charge on any atom is -0.478 e. The maximum absolute atomic E-state index is 12.9. The molecule has 1 aliphatic heterocycles. The molecule has 2 unspecified atom stereocenters. The molecular weight excluding hydrogens is 372 g/mol. The molecule has 0 saturated carbocycles. The minimum atomic E-state index is -3.66. The molecule has 0 spiro atoms. The molecule has 0 aliphatic carbocycles. The van der Waals surface area contributed by atoms with Gasteiger partial charge in [0.1, 0.15) is 12.6 Å². The van der Waals surface area contributed by atoms with E-state index in [0.717, 1.165) is 18.4 Å². The maximum Gasteiger partial charge on any atom is 0.241 e. The predicted molar refractivity (Wildman–Crippen MR) is 112 cm³/mol. The van der Waals surface area contributed by atoms with E-state index in [-0.39, 0.29) is 16.9 Å². The summed E-state index contributed by atoms with van der Waals surface area (Å²) in [5.74, 6) is 0.556. The molecule has 3 rings (SSSR count). The fraction of sp³-hybridized carbons (Fsp3) is 0.409. The zero-order valence-electron chi connectivity index (χ0n) is 16.6. The van der Waals surface area contributed by atoms with Crippen molar-refractivity contribution >= 4 is 15.9 Å². The largest absolute Gasteiger partial charge is 0.478 e. The van der Waals surface area contributed by atoms with Crippen LogP contribution in [0.2, 0.25) is 0 Å². The molecule has 1 heterocycles. The molecule has 0 saturated heterocycles. The lowest BCUT2D eigenvalue weighted by Crippen LogP contribution is -2.45. The smallest absolute Gasteiger partial charge is 0.241 e. The van der Waals surface area contributed by atoms with E-state index in [2.05, 4.69) is 16.9 Å². The third-order valence-corrected chi connectivity index (χ3v) is 6.60. The Morgan fingerprint density at radius 3 is 2.46 bits per heavy atom. The Hall–Kier alpha value is -2.18. The van der Waals surface area contributed by atoms with Crippen LogP contribution in [0.15, 0.2) is 64.5 Å². The van der Waals surface area contributed by atoms with Crippen molar-refractivity contribution in [3.63, 3.8) is 0 Å². The van der Waals surface area contributed by atoms with Gasteiger partial charge in [-0.25, -0.2) is 13.4 Å². The SMILES string of the molecule is CCC(C)C(NS(=O)(=O)c1ccc(C)cc1)C1=N[C@@H](Cc2ccccc2)CO1. The fourth-order valence-corrected chi connectivity index (χ4v) is 4.49. The Morgan fingerprint density at radius 1 is 1.14 bits per heavy atom. The molecule has 6 heteroatoms. The van der Waals surface area contributed by atoms with Gasteiger partial charge in [0, 0.05) is 0 Å². The average Bonchev–Trinajstić information content (AvgIpc) is 3.15. The van der Waals surface area contributed by atoms with E-state index in [9.17, 15) is 8.42 Å². The van der Waals surface area contributed by atoms with Gasteiger partial charge in [0.2, 0.25) is 15.9 Å². The molecule has 1 aliphatic rings. The summed E-state index contributed by atoms with van der Waals surface area (Å²) in [4.78, 5) is 4.97. The van der Waals surface area contributed by atoms with Crippen molar-refractivity contribution in [2.45, 2.75) is 50.6 Å². The van der Waals surface area contributed by atoms with Crippen LogP contribution in [0.5, 0.6) is 0 Å². The van der Waals surface area contributed by atoms with E-state index >= 15 is 0 Å². The second kappa shape index (κ2) is 8.88. The molecule has 5 nitrogen and oxygen atoms in total. The van der Waals surface area contributed by atoms with Crippen LogP contribution in [0.3, 0.4) is 0 Å². The highest BCUT2D eigenvalue weighted by Gasteiger charge is 2.33. The van der Waals surface area contributed by atoms with Gasteiger partial charge in [-0.05, 0) is 37.0 Å². The zero-order valence-corrected chi connectivity index (χ0v) is 17.4. The first-order valence-corrected chi connectivity index (χ1v) is 11.2. The number of rotatable bonds is 8. The van der Waals surface area contributed by atoms with Crippen LogP contribution >= 0.6 is 0 Å². The number of sulfonamides is 1. The van der Waals surface area contributed by atoms with Crippen molar-refractivity contribution in [3.05, 3.63) is 65.7 Å². The molecule has 1 N–H and O–H groups in total. The molecule has 28 heavy (non-hydrogen) atoms. The molecule has 2 aromatic rings. The van der Waals surface area contributed by atoms with Gasteiger partial charge in [-0.2, -0.15) is 4.72 Å². The quantitative estimate of drug-likeness (QED) is 0.734. The van der Waals surface area contributed by atoms with Crippen LogP contribution in [0.4, 0.5) is 0 Å². The molecule has 0 amide bonds. The Kier molecular flexibility index (Phi) is 6.52. The second-order valence-corrected chi connectivity index (χ2v) is 9.13. The average molecular weight is 401 g/mol. The van der Waals surface area contributed by atoms with E-state index in [4.69, 9.17) is 9.73 Å². The Morgan fingerprint density at radius 2 is 1.82 bits per heavy atom. The summed E-state index contributed by atoms with van der Waals surface area (Å²) in [6, 6.07) is 16.5. The summed E-state index contributed by atoms with van der Waals surface area (Å²) >= 11 is 0. The van der Waals surface area contributed by atoms with Crippen LogP contribution < -0.4 is 4.72 Å². The molecule has 3 atom stereocenters. The highest BCUT2D eigenvalue weighted by Crippen LogP contribution is 2.20. The normalized spacial score (nSPS) is 19.0. The number of aryl methyl sites for hydroxylation is 1. The monoisotopic (exact) mass is 400 g/mol. The molecule has 0 fully saturated rings. The third-order valence-electron chi connectivity index (χ3n) is 5.14. The van der Waals surface area contributed by atoms with Crippen molar-refractivity contribution < 1.29 is 13.2 Å². The highest BCUT2D eigenvalue weighted by atomic mass is 32.2. The van der Waals surface area contributed by atoms with Crippen molar-refractivity contribution in [1.82, 2.24) is 4.72 Å². The van der Waals surface area contributed by atoms with E-state index < -0.39 is 16.1 Å². The van der Waals surface area contributed by atoms with Crippen molar-refractivity contribution in [2.24, 2.45) is 10.9 Å². The first-order chi connectivity index (χ1) is 13.4. The number of ether oxygens (including phenoxy) is 1. The van der Waals surface area contributed by atoms with Crippen LogP contribution in [0, 0.1) is 12.8 Å².